The summed E-state index contributed by atoms with van der Waals surface area (Å²) in [5, 5.41) is 0.522. The van der Waals surface area contributed by atoms with Crippen LogP contribution in [0.3, 0.4) is 0 Å². The molecule has 19 heavy (non-hydrogen) atoms. The Morgan fingerprint density at radius 3 is 2.21 bits per heavy atom. The standard InChI is InChI=1S/C14H17ClO4/c1-3-16-7-9-18-12-5-6-13(15)14(11-12)19-10-8-17-4-2/h3-6,11H,1-2,7-10H2. The van der Waals surface area contributed by atoms with Crippen LogP contribution in [-0.4, -0.2) is 26.4 Å². The van der Waals surface area contributed by atoms with E-state index in [2.05, 4.69) is 13.2 Å². The van der Waals surface area contributed by atoms with Crippen LogP contribution in [0.25, 0.3) is 0 Å². The minimum Gasteiger partial charge on any atom is -0.498 e. The molecule has 1 aromatic rings. The molecule has 1 aromatic carbocycles. The van der Waals surface area contributed by atoms with Crippen molar-refractivity contribution in [3.05, 3.63) is 48.9 Å². The van der Waals surface area contributed by atoms with Crippen LogP contribution in [0.5, 0.6) is 11.5 Å². The SMILES string of the molecule is C=COCCOc1ccc(Cl)c(OCCOC=C)c1. The van der Waals surface area contributed by atoms with Gasteiger partial charge in [0.25, 0.3) is 0 Å². The lowest BCUT2D eigenvalue weighted by molar-refractivity contribution is 0.174. The molecule has 0 N–H and O–H groups in total. The van der Waals surface area contributed by atoms with Crippen LogP contribution in [-0.2, 0) is 9.47 Å². The van der Waals surface area contributed by atoms with Crippen molar-refractivity contribution in [3.63, 3.8) is 0 Å². The molecule has 1 rings (SSSR count). The van der Waals surface area contributed by atoms with Crippen LogP contribution in [0, 0.1) is 0 Å². The molecule has 0 radical (unpaired) electrons. The van der Waals surface area contributed by atoms with Gasteiger partial charge in [0.15, 0.2) is 0 Å². The zero-order valence-corrected chi connectivity index (χ0v) is 11.4. The molecule has 0 aliphatic heterocycles. The predicted molar refractivity (Wildman–Crippen MR) is 74.7 cm³/mol. The van der Waals surface area contributed by atoms with Gasteiger partial charge in [-0.3, -0.25) is 0 Å². The summed E-state index contributed by atoms with van der Waals surface area (Å²) in [6.07, 6.45) is 2.74. The maximum Gasteiger partial charge on any atom is 0.141 e. The van der Waals surface area contributed by atoms with Gasteiger partial charge in [0.2, 0.25) is 0 Å². The minimum atomic E-state index is 0.384. The van der Waals surface area contributed by atoms with Crippen molar-refractivity contribution in [2.45, 2.75) is 0 Å². The van der Waals surface area contributed by atoms with Crippen LogP contribution < -0.4 is 9.47 Å². The minimum absolute atomic E-state index is 0.384. The molecule has 104 valence electrons. The average Bonchev–Trinajstić information content (AvgIpc) is 2.42. The molecular formula is C14H17ClO4. The van der Waals surface area contributed by atoms with Crippen molar-refractivity contribution in [1.29, 1.82) is 0 Å². The van der Waals surface area contributed by atoms with E-state index in [-0.39, 0.29) is 0 Å². The lowest BCUT2D eigenvalue weighted by Crippen LogP contribution is -2.06. The maximum atomic E-state index is 6.01. The van der Waals surface area contributed by atoms with Gasteiger partial charge in [0.05, 0.1) is 17.5 Å². The smallest absolute Gasteiger partial charge is 0.141 e. The zero-order valence-electron chi connectivity index (χ0n) is 10.6. The van der Waals surface area contributed by atoms with E-state index in [1.54, 1.807) is 18.2 Å². The summed E-state index contributed by atoms with van der Waals surface area (Å²) in [6.45, 7) is 8.55. The Morgan fingerprint density at radius 2 is 1.58 bits per heavy atom. The third-order valence-electron chi connectivity index (χ3n) is 2.07. The molecule has 0 unspecified atom stereocenters. The Kier molecular flexibility index (Phi) is 7.35. The summed E-state index contributed by atoms with van der Waals surface area (Å²) in [5.74, 6) is 1.22. The topological polar surface area (TPSA) is 36.9 Å². The second kappa shape index (κ2) is 9.16. The molecule has 0 saturated heterocycles. The average molecular weight is 285 g/mol. The highest BCUT2D eigenvalue weighted by atomic mass is 35.5. The molecule has 0 saturated carbocycles. The highest BCUT2D eigenvalue weighted by Gasteiger charge is 2.04. The van der Waals surface area contributed by atoms with Crippen molar-refractivity contribution in [1.82, 2.24) is 0 Å². The number of rotatable bonds is 10. The van der Waals surface area contributed by atoms with Gasteiger partial charge >= 0.3 is 0 Å². The van der Waals surface area contributed by atoms with Crippen molar-refractivity contribution in [2.24, 2.45) is 0 Å². The third-order valence-corrected chi connectivity index (χ3v) is 2.38. The van der Waals surface area contributed by atoms with Gasteiger partial charge in [-0.05, 0) is 12.1 Å². The zero-order chi connectivity index (χ0) is 13.9. The lowest BCUT2D eigenvalue weighted by atomic mass is 10.3. The van der Waals surface area contributed by atoms with Gasteiger partial charge in [-0.25, -0.2) is 0 Å². The largest absolute Gasteiger partial charge is 0.498 e. The van der Waals surface area contributed by atoms with Gasteiger partial charge in [-0.1, -0.05) is 24.8 Å². The van der Waals surface area contributed by atoms with Gasteiger partial charge in [-0.15, -0.1) is 0 Å². The predicted octanol–water partition coefficient (Wildman–Crippen LogP) is 3.42. The highest BCUT2D eigenvalue weighted by molar-refractivity contribution is 6.32. The van der Waals surface area contributed by atoms with Gasteiger partial charge in [0, 0.05) is 6.07 Å². The van der Waals surface area contributed by atoms with Crippen molar-refractivity contribution in [2.75, 3.05) is 26.4 Å². The Hall–Kier alpha value is -1.81. The van der Waals surface area contributed by atoms with Gasteiger partial charge in [0.1, 0.15) is 37.9 Å². The molecule has 0 spiro atoms. The Bertz CT molecular complexity index is 406. The Labute approximate surface area is 118 Å². The Morgan fingerprint density at radius 1 is 0.947 bits per heavy atom. The van der Waals surface area contributed by atoms with Gasteiger partial charge in [-0.2, -0.15) is 0 Å². The van der Waals surface area contributed by atoms with E-state index in [0.717, 1.165) is 0 Å². The molecule has 4 nitrogen and oxygen atoms in total. The normalized spacial score (nSPS) is 9.53. The fourth-order valence-electron chi connectivity index (χ4n) is 1.26. The van der Waals surface area contributed by atoms with Crippen molar-refractivity contribution < 1.29 is 18.9 Å². The number of hydrogen-bond donors (Lipinski definition) is 0. The van der Waals surface area contributed by atoms with Crippen LogP contribution in [0.2, 0.25) is 5.02 Å². The third kappa shape index (κ3) is 6.06. The Balaban J connectivity index is 2.45. The lowest BCUT2D eigenvalue weighted by Gasteiger charge is -2.11. The van der Waals surface area contributed by atoms with E-state index in [1.165, 1.54) is 12.5 Å². The number of benzene rings is 1. The fraction of sp³-hybridized carbons (Fsp3) is 0.286. The van der Waals surface area contributed by atoms with Crippen molar-refractivity contribution >= 4 is 11.6 Å². The molecule has 0 bridgehead atoms. The van der Waals surface area contributed by atoms with Gasteiger partial charge < -0.3 is 18.9 Å². The van der Waals surface area contributed by atoms with Crippen molar-refractivity contribution in [3.8, 4) is 11.5 Å². The monoisotopic (exact) mass is 284 g/mol. The second-order valence-electron chi connectivity index (χ2n) is 3.36. The number of hydrogen-bond acceptors (Lipinski definition) is 4. The molecule has 0 aromatic heterocycles. The first-order valence-electron chi connectivity index (χ1n) is 5.78. The molecule has 0 aliphatic carbocycles. The summed E-state index contributed by atoms with van der Waals surface area (Å²) in [4.78, 5) is 0. The molecular weight excluding hydrogens is 268 g/mol. The van der Waals surface area contributed by atoms with E-state index in [4.69, 9.17) is 30.5 Å². The van der Waals surface area contributed by atoms with Crippen LogP contribution in [0.4, 0.5) is 0 Å². The summed E-state index contributed by atoms with van der Waals surface area (Å²) in [5.41, 5.74) is 0. The van der Waals surface area contributed by atoms with E-state index >= 15 is 0 Å². The summed E-state index contributed by atoms with van der Waals surface area (Å²) in [6, 6.07) is 5.21. The number of halogens is 1. The molecule has 0 heterocycles. The molecule has 0 aliphatic rings. The van der Waals surface area contributed by atoms with Crippen LogP contribution in [0.15, 0.2) is 43.9 Å². The first kappa shape index (κ1) is 15.2. The second-order valence-corrected chi connectivity index (χ2v) is 3.77. The molecule has 0 atom stereocenters. The van der Waals surface area contributed by atoms with E-state index in [9.17, 15) is 0 Å². The van der Waals surface area contributed by atoms with E-state index < -0.39 is 0 Å². The van der Waals surface area contributed by atoms with E-state index in [1.807, 2.05) is 0 Å². The first-order chi connectivity index (χ1) is 9.27. The van der Waals surface area contributed by atoms with Crippen LogP contribution >= 0.6 is 11.6 Å². The summed E-state index contributed by atoms with van der Waals surface area (Å²) >= 11 is 6.01. The van der Waals surface area contributed by atoms with Crippen LogP contribution in [0.1, 0.15) is 0 Å². The summed E-state index contributed by atoms with van der Waals surface area (Å²) in [7, 11) is 0. The first-order valence-corrected chi connectivity index (χ1v) is 6.16. The van der Waals surface area contributed by atoms with E-state index in [0.29, 0.717) is 42.9 Å². The molecule has 0 fully saturated rings. The maximum absolute atomic E-state index is 6.01. The molecule has 0 amide bonds. The quantitative estimate of drug-likeness (QED) is 0.487. The fourth-order valence-corrected chi connectivity index (χ4v) is 1.43. The highest BCUT2D eigenvalue weighted by Crippen LogP contribution is 2.29. The number of ether oxygens (including phenoxy) is 4. The molecule has 5 heteroatoms. The summed E-state index contributed by atoms with van der Waals surface area (Å²) < 4.78 is 20.9.